The summed E-state index contributed by atoms with van der Waals surface area (Å²) in [5, 5.41) is 2.56. The molecular weight excluding hydrogens is 262 g/mol. The van der Waals surface area contributed by atoms with Crippen LogP contribution in [0.15, 0.2) is 0 Å². The summed E-state index contributed by atoms with van der Waals surface area (Å²) >= 11 is 0. The average molecular weight is 285 g/mol. The minimum Gasteiger partial charge on any atom is -0.444 e. The fraction of sp³-hybridized carbons (Fsp3) is 0.769. The molecule has 1 aliphatic heterocycles. The Morgan fingerprint density at radius 3 is 2.60 bits per heavy atom. The smallest absolute Gasteiger partial charge is 0.408 e. The van der Waals surface area contributed by atoms with Crippen molar-refractivity contribution in [3.63, 3.8) is 0 Å². The monoisotopic (exact) mass is 285 g/mol. The van der Waals surface area contributed by atoms with Crippen molar-refractivity contribution in [3.05, 3.63) is 0 Å². The number of rotatable bonds is 3. The van der Waals surface area contributed by atoms with Crippen LogP contribution in [0.3, 0.4) is 0 Å². The number of alkyl carbamates (subject to hydrolysis) is 1. The number of nitrogens with one attached hydrogen (secondary N) is 1. The molecule has 1 atom stereocenters. The highest BCUT2D eigenvalue weighted by atomic mass is 16.6. The maximum Gasteiger partial charge on any atom is 0.408 e. The van der Waals surface area contributed by atoms with Gasteiger partial charge >= 0.3 is 6.09 Å². The minimum atomic E-state index is -0.660. The van der Waals surface area contributed by atoms with E-state index in [2.05, 4.69) is 5.32 Å². The summed E-state index contributed by atoms with van der Waals surface area (Å²) < 4.78 is 5.13. The van der Waals surface area contributed by atoms with Crippen LogP contribution in [-0.4, -0.2) is 47.5 Å². The van der Waals surface area contributed by atoms with Gasteiger partial charge in [0.25, 0.3) is 0 Å². The van der Waals surface area contributed by atoms with Crippen LogP contribution in [0.1, 0.15) is 40.0 Å². The van der Waals surface area contributed by atoms with E-state index in [0.717, 1.165) is 12.8 Å². The van der Waals surface area contributed by atoms with Gasteiger partial charge < -0.3 is 20.7 Å². The van der Waals surface area contributed by atoms with Gasteiger partial charge in [-0.15, -0.1) is 0 Å². The van der Waals surface area contributed by atoms with Crippen molar-refractivity contribution in [2.24, 2.45) is 5.73 Å². The van der Waals surface area contributed by atoms with Crippen molar-refractivity contribution in [2.45, 2.75) is 51.7 Å². The Balaban J connectivity index is 2.65. The van der Waals surface area contributed by atoms with Gasteiger partial charge in [0.05, 0.1) is 6.54 Å². The van der Waals surface area contributed by atoms with Gasteiger partial charge in [-0.3, -0.25) is 9.59 Å². The highest BCUT2D eigenvalue weighted by Gasteiger charge is 2.30. The molecular formula is C13H23N3O4. The van der Waals surface area contributed by atoms with Crippen LogP contribution in [0.4, 0.5) is 4.79 Å². The number of ether oxygens (including phenoxy) is 1. The molecule has 1 saturated heterocycles. The van der Waals surface area contributed by atoms with Crippen molar-refractivity contribution in [1.82, 2.24) is 10.2 Å². The standard InChI is InChI=1S/C13H23N3O4/c1-13(2,3)20-12(19)15-9-6-4-5-7-16(11(9)18)8-10(14)17/h9H,4-8H2,1-3H3,(H2,14,17)(H,15,19)/t9-/m0/s1. The Bertz CT molecular complexity index is 390. The second-order valence-corrected chi connectivity index (χ2v) is 5.92. The molecule has 0 radical (unpaired) electrons. The van der Waals surface area contributed by atoms with Crippen LogP contribution in [0, 0.1) is 0 Å². The molecule has 3 amide bonds. The number of amides is 3. The fourth-order valence-electron chi connectivity index (χ4n) is 2.03. The molecule has 1 heterocycles. The number of primary amides is 1. The molecule has 0 saturated carbocycles. The molecule has 0 bridgehead atoms. The van der Waals surface area contributed by atoms with Gasteiger partial charge in [-0.05, 0) is 40.0 Å². The van der Waals surface area contributed by atoms with Crippen LogP contribution in [0.5, 0.6) is 0 Å². The van der Waals surface area contributed by atoms with E-state index in [1.165, 1.54) is 4.90 Å². The minimum absolute atomic E-state index is 0.120. The molecule has 7 nitrogen and oxygen atoms in total. The Hall–Kier alpha value is -1.79. The van der Waals surface area contributed by atoms with E-state index in [9.17, 15) is 14.4 Å². The maximum absolute atomic E-state index is 12.2. The van der Waals surface area contributed by atoms with Gasteiger partial charge in [0, 0.05) is 6.54 Å². The van der Waals surface area contributed by atoms with E-state index in [4.69, 9.17) is 10.5 Å². The van der Waals surface area contributed by atoms with Crippen LogP contribution in [0.2, 0.25) is 0 Å². The molecule has 20 heavy (non-hydrogen) atoms. The number of hydrogen-bond donors (Lipinski definition) is 2. The highest BCUT2D eigenvalue weighted by molar-refractivity contribution is 5.89. The zero-order valence-corrected chi connectivity index (χ0v) is 12.3. The van der Waals surface area contributed by atoms with Gasteiger partial charge in [0.1, 0.15) is 11.6 Å². The summed E-state index contributed by atoms with van der Waals surface area (Å²) in [4.78, 5) is 36.3. The first kappa shape index (κ1) is 16.3. The van der Waals surface area contributed by atoms with Crippen molar-refractivity contribution in [1.29, 1.82) is 0 Å². The molecule has 0 aromatic heterocycles. The first-order chi connectivity index (χ1) is 9.19. The average Bonchev–Trinajstić information content (AvgIpc) is 2.41. The van der Waals surface area contributed by atoms with E-state index >= 15 is 0 Å². The maximum atomic E-state index is 12.2. The van der Waals surface area contributed by atoms with E-state index in [1.807, 2.05) is 0 Å². The van der Waals surface area contributed by atoms with E-state index in [0.29, 0.717) is 13.0 Å². The second kappa shape index (κ2) is 6.58. The largest absolute Gasteiger partial charge is 0.444 e. The number of hydrogen-bond acceptors (Lipinski definition) is 4. The van der Waals surface area contributed by atoms with E-state index in [-0.39, 0.29) is 12.5 Å². The molecule has 114 valence electrons. The SMILES string of the molecule is CC(C)(C)OC(=O)N[C@H]1CCCCN(CC(N)=O)C1=O. The summed E-state index contributed by atoms with van der Waals surface area (Å²) in [6.07, 6.45) is 1.48. The predicted octanol–water partition coefficient (Wildman–Crippen LogP) is 0.378. The zero-order valence-electron chi connectivity index (χ0n) is 12.3. The summed E-state index contributed by atoms with van der Waals surface area (Å²) in [5.74, 6) is -0.844. The van der Waals surface area contributed by atoms with E-state index < -0.39 is 23.6 Å². The molecule has 1 rings (SSSR count). The first-order valence-electron chi connectivity index (χ1n) is 6.75. The van der Waals surface area contributed by atoms with Gasteiger partial charge in [-0.2, -0.15) is 0 Å². The summed E-state index contributed by atoms with van der Waals surface area (Å²) in [6.45, 7) is 5.61. The second-order valence-electron chi connectivity index (χ2n) is 5.92. The van der Waals surface area contributed by atoms with Crippen LogP contribution in [0.25, 0.3) is 0 Å². The van der Waals surface area contributed by atoms with Crippen molar-refractivity contribution in [2.75, 3.05) is 13.1 Å². The molecule has 0 aromatic carbocycles. The molecule has 1 fully saturated rings. The van der Waals surface area contributed by atoms with E-state index in [1.54, 1.807) is 20.8 Å². The molecule has 0 aliphatic carbocycles. The number of nitrogens with zero attached hydrogens (tertiary/aromatic N) is 1. The quantitative estimate of drug-likeness (QED) is 0.782. The molecule has 0 aromatic rings. The lowest BCUT2D eigenvalue weighted by Crippen LogP contribution is -2.50. The third-order valence-corrected chi connectivity index (χ3v) is 2.82. The van der Waals surface area contributed by atoms with Crippen LogP contribution in [-0.2, 0) is 14.3 Å². The Morgan fingerprint density at radius 2 is 2.05 bits per heavy atom. The summed E-state index contributed by atoms with van der Waals surface area (Å²) in [6, 6.07) is -0.660. The van der Waals surface area contributed by atoms with Gasteiger partial charge in [0.2, 0.25) is 11.8 Å². The molecule has 0 unspecified atom stereocenters. The molecule has 3 N–H and O–H groups in total. The normalized spacial score (nSPS) is 20.2. The molecule has 1 aliphatic rings. The van der Waals surface area contributed by atoms with Gasteiger partial charge in [-0.25, -0.2) is 4.79 Å². The summed E-state index contributed by atoms with van der Waals surface area (Å²) in [5.41, 5.74) is 4.50. The lowest BCUT2D eigenvalue weighted by molar-refractivity contribution is -0.136. The topological polar surface area (TPSA) is 102 Å². The zero-order chi connectivity index (χ0) is 15.3. The predicted molar refractivity (Wildman–Crippen MR) is 72.8 cm³/mol. The molecule has 7 heteroatoms. The van der Waals surface area contributed by atoms with Crippen LogP contribution < -0.4 is 11.1 Å². The van der Waals surface area contributed by atoms with Crippen LogP contribution >= 0.6 is 0 Å². The lowest BCUT2D eigenvalue weighted by atomic mass is 10.1. The third-order valence-electron chi connectivity index (χ3n) is 2.82. The number of likely N-dealkylation sites (tertiary alicyclic amines) is 1. The number of carbonyl (C=O) groups excluding carboxylic acids is 3. The molecule has 0 spiro atoms. The summed E-state index contributed by atoms with van der Waals surface area (Å²) in [7, 11) is 0. The number of nitrogens with two attached hydrogens (primary N) is 1. The first-order valence-corrected chi connectivity index (χ1v) is 6.75. The van der Waals surface area contributed by atoms with Crippen molar-refractivity contribution < 1.29 is 19.1 Å². The lowest BCUT2D eigenvalue weighted by Gasteiger charge is -2.25. The van der Waals surface area contributed by atoms with Gasteiger partial charge in [0.15, 0.2) is 0 Å². The van der Waals surface area contributed by atoms with Gasteiger partial charge in [-0.1, -0.05) is 0 Å². The Morgan fingerprint density at radius 1 is 1.40 bits per heavy atom. The van der Waals surface area contributed by atoms with Crippen molar-refractivity contribution in [3.8, 4) is 0 Å². The third kappa shape index (κ3) is 5.46. The fourth-order valence-corrected chi connectivity index (χ4v) is 2.03. The highest BCUT2D eigenvalue weighted by Crippen LogP contribution is 2.13. The van der Waals surface area contributed by atoms with Crippen molar-refractivity contribution >= 4 is 17.9 Å². The Labute approximate surface area is 118 Å². The Kier molecular flexibility index (Phi) is 5.35. The number of carbonyl (C=O) groups is 3.